The van der Waals surface area contributed by atoms with E-state index >= 15 is 0 Å². The van der Waals surface area contributed by atoms with Crippen molar-refractivity contribution in [2.45, 2.75) is 39.7 Å². The number of piperazine rings is 1. The van der Waals surface area contributed by atoms with Crippen molar-refractivity contribution in [1.29, 1.82) is 0 Å². The van der Waals surface area contributed by atoms with Gasteiger partial charge in [-0.15, -0.1) is 0 Å². The average molecular weight is 532 g/mol. The molecule has 10 nitrogen and oxygen atoms in total. The van der Waals surface area contributed by atoms with Gasteiger partial charge in [-0.05, 0) is 36.7 Å². The molecule has 3 aromatic rings. The van der Waals surface area contributed by atoms with Gasteiger partial charge in [-0.1, -0.05) is 50.2 Å². The van der Waals surface area contributed by atoms with Gasteiger partial charge in [0.25, 0.3) is 11.7 Å². The molecular formula is C29H37N7O3. The first kappa shape index (κ1) is 28.0. The van der Waals surface area contributed by atoms with Crippen LogP contribution < -0.4 is 15.5 Å². The minimum Gasteiger partial charge on any atom is -0.366 e. The van der Waals surface area contributed by atoms with Crippen LogP contribution in [0.25, 0.3) is 11.1 Å². The molecule has 3 heterocycles. The summed E-state index contributed by atoms with van der Waals surface area (Å²) in [6.07, 6.45) is 7.17. The number of aromatic nitrogens is 3. The molecule has 0 saturated carbocycles. The smallest absolute Gasteiger partial charge is 0.292 e. The highest BCUT2D eigenvalue weighted by Gasteiger charge is 2.25. The number of likely N-dealkylation sites (N-methyl/N-ethyl adjacent to an activating group) is 1. The average Bonchev–Trinajstić information content (AvgIpc) is 3.44. The molecule has 2 amide bonds. The Kier molecular flexibility index (Phi) is 8.75. The molecule has 1 aromatic carbocycles. The number of anilines is 1. The second kappa shape index (κ2) is 12.2. The van der Waals surface area contributed by atoms with E-state index in [-0.39, 0.29) is 23.1 Å². The molecule has 0 bridgehead atoms. The minimum atomic E-state index is -0.371. The summed E-state index contributed by atoms with van der Waals surface area (Å²) >= 11 is 0. The van der Waals surface area contributed by atoms with Crippen LogP contribution in [-0.2, 0) is 16.8 Å². The van der Waals surface area contributed by atoms with E-state index in [0.717, 1.165) is 41.0 Å². The Morgan fingerprint density at radius 1 is 1.13 bits per heavy atom. The lowest BCUT2D eigenvalue weighted by molar-refractivity contribution is -0.126. The van der Waals surface area contributed by atoms with Crippen LogP contribution in [-0.4, -0.2) is 71.6 Å². The quantitative estimate of drug-likeness (QED) is 0.426. The Hall–Kier alpha value is -4.05. The van der Waals surface area contributed by atoms with Crippen molar-refractivity contribution >= 4 is 17.5 Å². The number of carbonyl (C=O) groups excluding carboxylic acids is 2. The predicted octanol–water partition coefficient (Wildman–Crippen LogP) is 3.09. The predicted molar refractivity (Wildman–Crippen MR) is 150 cm³/mol. The molecule has 4 rings (SSSR count). The van der Waals surface area contributed by atoms with E-state index in [1.54, 1.807) is 12.3 Å². The number of nitrogens with zero attached hydrogens (tertiary/aromatic N) is 5. The summed E-state index contributed by atoms with van der Waals surface area (Å²) in [5, 5.41) is 9.72. The zero-order valence-electron chi connectivity index (χ0n) is 23.3. The van der Waals surface area contributed by atoms with Crippen LogP contribution in [0.2, 0.25) is 0 Å². The molecule has 0 radical (unpaired) electrons. The first-order valence-electron chi connectivity index (χ1n) is 13.2. The van der Waals surface area contributed by atoms with Gasteiger partial charge in [0.05, 0.1) is 11.9 Å². The van der Waals surface area contributed by atoms with Crippen LogP contribution in [0.4, 0.5) is 5.69 Å². The van der Waals surface area contributed by atoms with Crippen molar-refractivity contribution in [3.63, 3.8) is 0 Å². The highest BCUT2D eigenvalue weighted by molar-refractivity contribution is 5.90. The lowest BCUT2D eigenvalue weighted by Gasteiger charge is -2.36. The zero-order chi connectivity index (χ0) is 28.0. The number of rotatable bonds is 8. The van der Waals surface area contributed by atoms with Crippen molar-refractivity contribution < 1.29 is 14.1 Å². The van der Waals surface area contributed by atoms with Crippen molar-refractivity contribution in [2.75, 3.05) is 44.7 Å². The van der Waals surface area contributed by atoms with Crippen LogP contribution in [0.5, 0.6) is 0 Å². The molecule has 206 valence electrons. The van der Waals surface area contributed by atoms with Crippen LogP contribution in [0.3, 0.4) is 0 Å². The Balaban J connectivity index is 1.41. The van der Waals surface area contributed by atoms with Gasteiger partial charge in [0, 0.05) is 62.5 Å². The Morgan fingerprint density at radius 3 is 2.56 bits per heavy atom. The minimum absolute atomic E-state index is 0.0337. The fourth-order valence-electron chi connectivity index (χ4n) is 4.37. The molecule has 0 unspecified atom stereocenters. The maximum atomic E-state index is 12.6. The Bertz CT molecular complexity index is 1330. The third kappa shape index (κ3) is 6.88. The van der Waals surface area contributed by atoms with Crippen LogP contribution in [0.15, 0.2) is 53.3 Å². The van der Waals surface area contributed by atoms with Gasteiger partial charge in [-0.2, -0.15) is 4.98 Å². The molecule has 1 fully saturated rings. The van der Waals surface area contributed by atoms with Gasteiger partial charge >= 0.3 is 0 Å². The van der Waals surface area contributed by atoms with E-state index in [4.69, 9.17) is 4.52 Å². The molecule has 1 aliphatic heterocycles. The highest BCUT2D eigenvalue weighted by atomic mass is 16.5. The fourth-order valence-corrected chi connectivity index (χ4v) is 4.37. The monoisotopic (exact) mass is 531 g/mol. The van der Waals surface area contributed by atoms with E-state index < -0.39 is 0 Å². The molecule has 2 N–H and O–H groups in total. The van der Waals surface area contributed by atoms with Crippen LogP contribution in [0, 0.1) is 6.92 Å². The van der Waals surface area contributed by atoms with E-state index in [0.29, 0.717) is 32.1 Å². The lowest BCUT2D eigenvalue weighted by Crippen LogP contribution is -2.48. The first-order valence-corrected chi connectivity index (χ1v) is 13.2. The van der Waals surface area contributed by atoms with Gasteiger partial charge in [-0.3, -0.25) is 14.6 Å². The number of amides is 2. The Labute approximate surface area is 229 Å². The van der Waals surface area contributed by atoms with Gasteiger partial charge in [0.15, 0.2) is 0 Å². The van der Waals surface area contributed by atoms with E-state index in [1.807, 2.05) is 64.0 Å². The molecule has 0 spiro atoms. The third-order valence-corrected chi connectivity index (χ3v) is 6.68. The van der Waals surface area contributed by atoms with Gasteiger partial charge in [-0.25, -0.2) is 0 Å². The second-order valence-corrected chi connectivity index (χ2v) is 10.7. The summed E-state index contributed by atoms with van der Waals surface area (Å²) in [6, 6.07) is 8.23. The van der Waals surface area contributed by atoms with E-state index in [1.165, 1.54) is 0 Å². The molecule has 10 heteroatoms. The third-order valence-electron chi connectivity index (χ3n) is 6.68. The standard InChI is InChI=1S/C29H37N7O3/c1-20-17-21(8-9-22(20)18-32-27(38)26-33-28(39-34-26)29(2,3)4)23-10-12-31-19-24(23)35-13-15-36(16-14-35)25(37)7-6-11-30-5/h6-10,12,17,19,30H,11,13-16,18H2,1-5H3,(H,32,38). The zero-order valence-corrected chi connectivity index (χ0v) is 23.3. The fraction of sp³-hybridized carbons (Fsp3) is 0.414. The molecule has 1 saturated heterocycles. The van der Waals surface area contributed by atoms with Crippen LogP contribution >= 0.6 is 0 Å². The van der Waals surface area contributed by atoms with E-state index in [2.05, 4.69) is 42.8 Å². The summed E-state index contributed by atoms with van der Waals surface area (Å²) in [7, 11) is 1.85. The van der Waals surface area contributed by atoms with Crippen molar-refractivity contribution in [3.8, 4) is 11.1 Å². The summed E-state index contributed by atoms with van der Waals surface area (Å²) in [4.78, 5) is 37.8. The van der Waals surface area contributed by atoms with Crippen LogP contribution in [0.1, 0.15) is 48.4 Å². The largest absolute Gasteiger partial charge is 0.366 e. The molecule has 0 atom stereocenters. The number of hydrogen-bond acceptors (Lipinski definition) is 8. The SMILES string of the molecule is CNCC=CC(=O)N1CCN(c2cnccc2-c2ccc(CNC(=O)c3noc(C(C)(C)C)n3)c(C)c2)CC1. The molecule has 0 aliphatic carbocycles. The van der Waals surface area contributed by atoms with Gasteiger partial charge in [0.2, 0.25) is 11.8 Å². The summed E-state index contributed by atoms with van der Waals surface area (Å²) in [5.41, 5.74) is 4.93. The van der Waals surface area contributed by atoms with E-state index in [9.17, 15) is 9.59 Å². The number of aryl methyl sites for hydroxylation is 1. The maximum Gasteiger partial charge on any atom is 0.292 e. The highest BCUT2D eigenvalue weighted by Crippen LogP contribution is 2.32. The first-order chi connectivity index (χ1) is 18.7. The van der Waals surface area contributed by atoms with Crippen molar-refractivity contribution in [3.05, 3.63) is 71.7 Å². The van der Waals surface area contributed by atoms with Gasteiger partial charge < -0.3 is 25.0 Å². The summed E-state index contributed by atoms with van der Waals surface area (Å²) in [5.74, 6) is 0.134. The number of carbonyl (C=O) groups is 2. The normalized spacial score (nSPS) is 14.2. The van der Waals surface area contributed by atoms with Gasteiger partial charge in [0.1, 0.15) is 0 Å². The number of hydrogen-bond donors (Lipinski definition) is 2. The molecule has 39 heavy (non-hydrogen) atoms. The van der Waals surface area contributed by atoms with Crippen molar-refractivity contribution in [2.24, 2.45) is 0 Å². The number of benzene rings is 1. The number of nitrogens with one attached hydrogen (secondary N) is 2. The number of pyridine rings is 1. The van der Waals surface area contributed by atoms with Crippen molar-refractivity contribution in [1.82, 2.24) is 30.7 Å². The summed E-state index contributed by atoms with van der Waals surface area (Å²) in [6.45, 7) is 11.7. The Morgan fingerprint density at radius 2 is 1.90 bits per heavy atom. The lowest BCUT2D eigenvalue weighted by atomic mass is 9.97. The topological polar surface area (TPSA) is 116 Å². The molecule has 1 aliphatic rings. The molecule has 2 aromatic heterocycles. The second-order valence-electron chi connectivity index (χ2n) is 10.7. The summed E-state index contributed by atoms with van der Waals surface area (Å²) < 4.78 is 5.23. The maximum absolute atomic E-state index is 12.6. The molecular weight excluding hydrogens is 494 g/mol.